The van der Waals surface area contributed by atoms with E-state index in [1.807, 2.05) is 12.1 Å². The van der Waals surface area contributed by atoms with E-state index < -0.39 is 10.0 Å². The summed E-state index contributed by atoms with van der Waals surface area (Å²) < 4.78 is 35.3. The molecule has 29 heavy (non-hydrogen) atoms. The molecule has 2 heterocycles. The number of ether oxygens (including phenoxy) is 1. The summed E-state index contributed by atoms with van der Waals surface area (Å²) in [6.07, 6.45) is 3.80. The second-order valence-corrected chi connectivity index (χ2v) is 10.4. The van der Waals surface area contributed by atoms with Crippen molar-refractivity contribution in [1.82, 2.24) is 9.21 Å². The first-order valence-corrected chi connectivity index (χ1v) is 12.1. The zero-order chi connectivity index (χ0) is 19.8. The van der Waals surface area contributed by atoms with Crippen LogP contribution in [0.1, 0.15) is 31.2 Å². The van der Waals surface area contributed by atoms with Crippen LogP contribution in [0.2, 0.25) is 0 Å². The summed E-state index contributed by atoms with van der Waals surface area (Å²) in [5.41, 5.74) is 1.29. The predicted octanol–water partition coefficient (Wildman–Crippen LogP) is 3.51. The third-order valence-electron chi connectivity index (χ3n) is 6.37. The number of likely N-dealkylation sites (tertiary alicyclic amines) is 1. The molecule has 2 atom stereocenters. The molecule has 0 N–H and O–H groups in total. The van der Waals surface area contributed by atoms with E-state index in [0.29, 0.717) is 23.1 Å². The molecule has 2 fully saturated rings. The van der Waals surface area contributed by atoms with Crippen molar-refractivity contribution in [3.63, 3.8) is 0 Å². The number of hydrogen-bond donors (Lipinski definition) is 0. The van der Waals surface area contributed by atoms with Gasteiger partial charge in [-0.1, -0.05) is 42.5 Å². The van der Waals surface area contributed by atoms with Gasteiger partial charge < -0.3 is 4.74 Å². The maximum absolute atomic E-state index is 13.6. The van der Waals surface area contributed by atoms with Gasteiger partial charge in [0.05, 0.1) is 6.04 Å². The van der Waals surface area contributed by atoms with Crippen LogP contribution in [0.3, 0.4) is 0 Å². The quantitative estimate of drug-likeness (QED) is 0.771. The molecule has 0 radical (unpaired) electrons. The molecule has 0 aromatic heterocycles. The molecule has 2 aromatic carbocycles. The second kappa shape index (κ2) is 7.74. The molecule has 5 rings (SSSR count). The number of benzene rings is 2. The number of nitrogens with zero attached hydrogens (tertiary/aromatic N) is 2. The molecule has 6 heteroatoms. The van der Waals surface area contributed by atoms with Crippen molar-refractivity contribution in [3.05, 3.63) is 60.2 Å². The van der Waals surface area contributed by atoms with E-state index in [-0.39, 0.29) is 12.1 Å². The van der Waals surface area contributed by atoms with E-state index in [2.05, 4.69) is 29.2 Å². The Morgan fingerprint density at radius 2 is 1.62 bits per heavy atom. The lowest BCUT2D eigenvalue weighted by atomic mass is 10.1. The van der Waals surface area contributed by atoms with Crippen molar-refractivity contribution < 1.29 is 13.2 Å². The number of rotatable bonds is 4. The van der Waals surface area contributed by atoms with Crippen LogP contribution in [-0.2, 0) is 16.6 Å². The number of fused-ring (bicyclic) bond motifs is 2. The fraction of sp³-hybridized carbons (Fsp3) is 0.478. The Morgan fingerprint density at radius 3 is 2.41 bits per heavy atom. The summed E-state index contributed by atoms with van der Waals surface area (Å²) in [5, 5.41) is 0. The van der Waals surface area contributed by atoms with Gasteiger partial charge in [0.25, 0.3) is 0 Å². The van der Waals surface area contributed by atoms with Gasteiger partial charge in [0.2, 0.25) is 10.0 Å². The second-order valence-electron chi connectivity index (χ2n) is 8.53. The molecule has 0 unspecified atom stereocenters. The Bertz CT molecular complexity index is 959. The Kier molecular flexibility index (Phi) is 5.10. The lowest BCUT2D eigenvalue weighted by molar-refractivity contribution is 0.111. The van der Waals surface area contributed by atoms with Crippen LogP contribution in [-0.4, -0.2) is 49.4 Å². The number of hydrogen-bond acceptors (Lipinski definition) is 4. The highest BCUT2D eigenvalue weighted by Crippen LogP contribution is 2.39. The Balaban J connectivity index is 1.44. The van der Waals surface area contributed by atoms with Crippen molar-refractivity contribution in [2.75, 3.05) is 19.6 Å². The van der Waals surface area contributed by atoms with Crippen LogP contribution >= 0.6 is 0 Å². The van der Waals surface area contributed by atoms with E-state index in [0.717, 1.165) is 45.3 Å². The minimum absolute atomic E-state index is 0.103. The Labute approximate surface area is 173 Å². The Morgan fingerprint density at radius 1 is 0.897 bits per heavy atom. The molecule has 2 aliphatic heterocycles. The van der Waals surface area contributed by atoms with E-state index in [1.165, 1.54) is 5.56 Å². The zero-order valence-electron chi connectivity index (χ0n) is 16.6. The van der Waals surface area contributed by atoms with Gasteiger partial charge in [-0.15, -0.1) is 0 Å². The maximum atomic E-state index is 13.6. The van der Waals surface area contributed by atoms with Crippen LogP contribution < -0.4 is 4.74 Å². The van der Waals surface area contributed by atoms with Crippen LogP contribution in [0.5, 0.6) is 5.75 Å². The van der Waals surface area contributed by atoms with Crippen molar-refractivity contribution in [2.24, 2.45) is 5.92 Å². The smallest absolute Gasteiger partial charge is 0.247 e. The summed E-state index contributed by atoms with van der Waals surface area (Å²) in [7, 11) is -3.55. The van der Waals surface area contributed by atoms with Crippen LogP contribution in [0.4, 0.5) is 0 Å². The van der Waals surface area contributed by atoms with E-state index in [4.69, 9.17) is 4.74 Å². The summed E-state index contributed by atoms with van der Waals surface area (Å²) in [6, 6.07) is 17.5. The highest BCUT2D eigenvalue weighted by molar-refractivity contribution is 7.89. The summed E-state index contributed by atoms with van der Waals surface area (Å²) in [4.78, 5) is 2.76. The number of para-hydroxylation sites is 1. The van der Waals surface area contributed by atoms with Gasteiger partial charge in [-0.3, -0.25) is 4.90 Å². The fourth-order valence-electron chi connectivity index (χ4n) is 4.60. The Hall–Kier alpha value is -1.89. The molecule has 1 saturated carbocycles. The van der Waals surface area contributed by atoms with Crippen molar-refractivity contribution >= 4 is 10.0 Å². The molecule has 1 saturated heterocycles. The van der Waals surface area contributed by atoms with Gasteiger partial charge in [-0.2, -0.15) is 4.31 Å². The van der Waals surface area contributed by atoms with E-state index in [1.54, 1.807) is 22.5 Å². The molecule has 0 spiro atoms. The van der Waals surface area contributed by atoms with Gasteiger partial charge in [-0.05, 0) is 49.3 Å². The number of sulfonamides is 1. The largest absolute Gasteiger partial charge is 0.487 e. The molecule has 0 amide bonds. The standard InChI is InChI=1S/C23H28N2O3S/c26-29(27)23-9-5-4-8-22(23)28-21-13-15-24(16-18-6-2-1-3-7-18)14-12-20(21)25(29)17-19-10-11-19/h1-9,19-21H,10-17H2/t20-,21-/m1/s1. The monoisotopic (exact) mass is 412 g/mol. The van der Waals surface area contributed by atoms with Gasteiger partial charge in [0.1, 0.15) is 16.7 Å². The van der Waals surface area contributed by atoms with E-state index >= 15 is 0 Å². The highest BCUT2D eigenvalue weighted by Gasteiger charge is 2.45. The maximum Gasteiger partial charge on any atom is 0.247 e. The summed E-state index contributed by atoms with van der Waals surface area (Å²) in [5.74, 6) is 1.01. The molecule has 3 aliphatic rings. The first kappa shape index (κ1) is 19.1. The lowest BCUT2D eigenvalue weighted by Gasteiger charge is -2.31. The molecular weight excluding hydrogens is 384 g/mol. The average molecular weight is 413 g/mol. The third-order valence-corrected chi connectivity index (χ3v) is 8.30. The van der Waals surface area contributed by atoms with Crippen LogP contribution in [0.25, 0.3) is 0 Å². The SMILES string of the molecule is O=S1(=O)c2ccccc2O[C@@H]2CCN(Cc3ccccc3)CC[C@H]2N1CC1CC1. The van der Waals surface area contributed by atoms with Gasteiger partial charge in [0, 0.05) is 26.2 Å². The molecular formula is C23H28N2O3S. The lowest BCUT2D eigenvalue weighted by Crippen LogP contribution is -2.48. The summed E-state index contributed by atoms with van der Waals surface area (Å²) in [6.45, 7) is 3.31. The minimum Gasteiger partial charge on any atom is -0.487 e. The molecule has 154 valence electrons. The van der Waals surface area contributed by atoms with E-state index in [9.17, 15) is 8.42 Å². The first-order valence-electron chi connectivity index (χ1n) is 10.6. The van der Waals surface area contributed by atoms with Crippen LogP contribution in [0, 0.1) is 5.92 Å². The van der Waals surface area contributed by atoms with Gasteiger partial charge >= 0.3 is 0 Å². The van der Waals surface area contributed by atoms with Crippen molar-refractivity contribution in [2.45, 2.75) is 49.3 Å². The highest BCUT2D eigenvalue weighted by atomic mass is 32.2. The van der Waals surface area contributed by atoms with Crippen LogP contribution in [0.15, 0.2) is 59.5 Å². The van der Waals surface area contributed by atoms with Gasteiger partial charge in [-0.25, -0.2) is 8.42 Å². The average Bonchev–Trinajstić information content (AvgIpc) is 3.56. The summed E-state index contributed by atoms with van der Waals surface area (Å²) >= 11 is 0. The van der Waals surface area contributed by atoms with Crippen molar-refractivity contribution in [1.29, 1.82) is 0 Å². The van der Waals surface area contributed by atoms with Crippen molar-refractivity contribution in [3.8, 4) is 5.75 Å². The topological polar surface area (TPSA) is 49.9 Å². The fourth-order valence-corrected chi connectivity index (χ4v) is 6.48. The predicted molar refractivity (Wildman–Crippen MR) is 112 cm³/mol. The normalized spacial score (nSPS) is 27.2. The minimum atomic E-state index is -3.55. The molecule has 0 bridgehead atoms. The molecule has 5 nitrogen and oxygen atoms in total. The first-order chi connectivity index (χ1) is 14.1. The molecule has 2 aromatic rings. The third kappa shape index (κ3) is 3.93. The zero-order valence-corrected chi connectivity index (χ0v) is 17.4. The molecule has 1 aliphatic carbocycles. The van der Waals surface area contributed by atoms with Gasteiger partial charge in [0.15, 0.2) is 0 Å².